The van der Waals surface area contributed by atoms with Crippen LogP contribution in [-0.4, -0.2) is 16.2 Å². The fourth-order valence-electron chi connectivity index (χ4n) is 2.12. The zero-order valence-corrected chi connectivity index (χ0v) is 10.7. The third-order valence-electron chi connectivity index (χ3n) is 3.31. The third-order valence-corrected chi connectivity index (χ3v) is 3.31. The maximum atomic E-state index is 4.30. The lowest BCUT2D eigenvalue weighted by Crippen LogP contribution is -2.00. The van der Waals surface area contributed by atoms with Crippen molar-refractivity contribution in [2.45, 2.75) is 38.6 Å². The van der Waals surface area contributed by atoms with E-state index in [0.29, 0.717) is 6.04 Å². The van der Waals surface area contributed by atoms with Crippen LogP contribution in [0, 0.1) is 0 Å². The van der Waals surface area contributed by atoms with Crippen molar-refractivity contribution in [1.29, 1.82) is 0 Å². The molecule has 0 unspecified atom stereocenters. The van der Waals surface area contributed by atoms with Crippen molar-refractivity contribution in [2.75, 3.05) is 5.32 Å². The number of aromatic amines is 1. The van der Waals surface area contributed by atoms with E-state index in [9.17, 15) is 0 Å². The van der Waals surface area contributed by atoms with Crippen LogP contribution in [0.1, 0.15) is 31.7 Å². The van der Waals surface area contributed by atoms with Crippen LogP contribution in [0.3, 0.4) is 0 Å². The number of nitrogens with one attached hydrogen (secondary N) is 2. The van der Waals surface area contributed by atoms with Crippen LogP contribution in [-0.2, 0) is 6.42 Å². The third kappa shape index (κ3) is 2.55. The molecule has 1 aliphatic carbocycles. The van der Waals surface area contributed by atoms with E-state index >= 15 is 0 Å². The molecule has 1 aliphatic rings. The van der Waals surface area contributed by atoms with Gasteiger partial charge in [-0.1, -0.05) is 37.6 Å². The molecule has 94 valence electrons. The second kappa shape index (κ2) is 4.84. The molecule has 3 nitrogen and oxygen atoms in total. The fraction of sp³-hybridized carbons (Fsp3) is 0.400. The summed E-state index contributed by atoms with van der Waals surface area (Å²) in [5.41, 5.74) is 3.68. The van der Waals surface area contributed by atoms with Gasteiger partial charge >= 0.3 is 0 Å². The summed E-state index contributed by atoms with van der Waals surface area (Å²) in [7, 11) is 0. The molecule has 0 radical (unpaired) electrons. The van der Waals surface area contributed by atoms with Gasteiger partial charge in [0.2, 0.25) is 0 Å². The molecule has 1 fully saturated rings. The van der Waals surface area contributed by atoms with E-state index < -0.39 is 0 Å². The predicted octanol–water partition coefficient (Wildman–Crippen LogP) is 3.60. The van der Waals surface area contributed by atoms with Gasteiger partial charge in [0, 0.05) is 12.1 Å². The molecule has 3 rings (SSSR count). The first-order valence-electron chi connectivity index (χ1n) is 6.76. The Labute approximate surface area is 108 Å². The second-order valence-electron chi connectivity index (χ2n) is 5.03. The monoisotopic (exact) mass is 241 g/mol. The Bertz CT molecular complexity index is 509. The highest BCUT2D eigenvalue weighted by atomic mass is 15.2. The molecular formula is C15H19N3. The Balaban J connectivity index is 1.74. The Kier molecular flexibility index (Phi) is 3.05. The van der Waals surface area contributed by atoms with Crippen LogP contribution < -0.4 is 5.32 Å². The molecule has 0 bridgehead atoms. The van der Waals surface area contributed by atoms with E-state index in [2.05, 4.69) is 52.8 Å². The Morgan fingerprint density at radius 3 is 2.72 bits per heavy atom. The van der Waals surface area contributed by atoms with Crippen LogP contribution in [0.15, 0.2) is 30.3 Å². The van der Waals surface area contributed by atoms with Gasteiger partial charge in [-0.3, -0.25) is 5.10 Å². The van der Waals surface area contributed by atoms with E-state index in [-0.39, 0.29) is 0 Å². The molecule has 3 heteroatoms. The van der Waals surface area contributed by atoms with Crippen LogP contribution in [0.2, 0.25) is 0 Å². The molecule has 1 saturated carbocycles. The largest absolute Gasteiger partial charge is 0.366 e. The molecule has 0 amide bonds. The highest BCUT2D eigenvalue weighted by molar-refractivity contribution is 5.63. The molecule has 2 N–H and O–H groups in total. The van der Waals surface area contributed by atoms with E-state index in [1.54, 1.807) is 0 Å². The van der Waals surface area contributed by atoms with Gasteiger partial charge in [0.1, 0.15) is 5.82 Å². The number of H-pyrrole nitrogens is 1. The predicted molar refractivity (Wildman–Crippen MR) is 74.7 cm³/mol. The number of hydrogen-bond acceptors (Lipinski definition) is 2. The lowest BCUT2D eigenvalue weighted by atomic mass is 10.1. The summed E-state index contributed by atoms with van der Waals surface area (Å²) < 4.78 is 0. The van der Waals surface area contributed by atoms with Gasteiger partial charge in [-0.2, -0.15) is 5.10 Å². The van der Waals surface area contributed by atoms with Crippen LogP contribution in [0.4, 0.5) is 5.82 Å². The van der Waals surface area contributed by atoms with Crippen molar-refractivity contribution in [2.24, 2.45) is 0 Å². The quantitative estimate of drug-likeness (QED) is 0.839. The standard InChI is InChI=1S/C15H19N3/c1-2-3-11-4-6-12(7-5-11)14-10-15(18-17-14)16-13-8-9-13/h4-7,10,13H,2-3,8-9H2,1H3,(H2,16,17,18). The van der Waals surface area contributed by atoms with E-state index in [1.165, 1.54) is 30.4 Å². The number of benzene rings is 1. The zero-order chi connectivity index (χ0) is 12.4. The fourth-order valence-corrected chi connectivity index (χ4v) is 2.12. The summed E-state index contributed by atoms with van der Waals surface area (Å²) in [6.07, 6.45) is 4.89. The Hall–Kier alpha value is -1.77. The average Bonchev–Trinajstić information content (AvgIpc) is 3.07. The van der Waals surface area contributed by atoms with Crippen molar-refractivity contribution in [1.82, 2.24) is 10.2 Å². The van der Waals surface area contributed by atoms with E-state index in [1.807, 2.05) is 0 Å². The van der Waals surface area contributed by atoms with E-state index in [4.69, 9.17) is 0 Å². The molecule has 0 atom stereocenters. The van der Waals surface area contributed by atoms with Crippen molar-refractivity contribution in [3.8, 4) is 11.3 Å². The summed E-state index contributed by atoms with van der Waals surface area (Å²) in [5, 5.41) is 10.8. The first kappa shape index (κ1) is 11.3. The number of rotatable bonds is 5. The van der Waals surface area contributed by atoms with E-state index in [0.717, 1.165) is 17.9 Å². The smallest absolute Gasteiger partial charge is 0.148 e. The minimum Gasteiger partial charge on any atom is -0.366 e. The zero-order valence-electron chi connectivity index (χ0n) is 10.7. The lowest BCUT2D eigenvalue weighted by Gasteiger charge is -2.00. The van der Waals surface area contributed by atoms with Gasteiger partial charge in [0.15, 0.2) is 0 Å². The molecule has 2 aromatic rings. The molecule has 1 aromatic carbocycles. The minimum absolute atomic E-state index is 0.646. The number of aromatic nitrogens is 2. The van der Waals surface area contributed by atoms with Gasteiger partial charge in [-0.25, -0.2) is 0 Å². The Morgan fingerprint density at radius 2 is 2.06 bits per heavy atom. The van der Waals surface area contributed by atoms with Gasteiger partial charge < -0.3 is 5.32 Å². The van der Waals surface area contributed by atoms with Gasteiger partial charge in [-0.05, 0) is 30.4 Å². The van der Waals surface area contributed by atoms with Gasteiger partial charge in [0.25, 0.3) is 0 Å². The molecule has 1 heterocycles. The molecular weight excluding hydrogens is 222 g/mol. The number of hydrogen-bond donors (Lipinski definition) is 2. The first-order valence-corrected chi connectivity index (χ1v) is 6.76. The highest BCUT2D eigenvalue weighted by Gasteiger charge is 2.21. The Morgan fingerprint density at radius 1 is 1.28 bits per heavy atom. The molecule has 18 heavy (non-hydrogen) atoms. The molecule has 0 spiro atoms. The van der Waals surface area contributed by atoms with Crippen molar-refractivity contribution >= 4 is 5.82 Å². The number of anilines is 1. The van der Waals surface area contributed by atoms with Crippen LogP contribution in [0.5, 0.6) is 0 Å². The second-order valence-corrected chi connectivity index (χ2v) is 5.03. The molecule has 0 aliphatic heterocycles. The van der Waals surface area contributed by atoms with Crippen molar-refractivity contribution in [3.63, 3.8) is 0 Å². The summed E-state index contributed by atoms with van der Waals surface area (Å²) >= 11 is 0. The van der Waals surface area contributed by atoms with Crippen LogP contribution in [0.25, 0.3) is 11.3 Å². The summed E-state index contributed by atoms with van der Waals surface area (Å²) in [6, 6.07) is 11.5. The van der Waals surface area contributed by atoms with Gasteiger partial charge in [-0.15, -0.1) is 0 Å². The van der Waals surface area contributed by atoms with Gasteiger partial charge in [0.05, 0.1) is 5.69 Å². The number of nitrogens with zero attached hydrogens (tertiary/aromatic N) is 1. The van der Waals surface area contributed by atoms with Crippen molar-refractivity contribution in [3.05, 3.63) is 35.9 Å². The summed E-state index contributed by atoms with van der Waals surface area (Å²) in [5.74, 6) is 0.963. The average molecular weight is 241 g/mol. The summed E-state index contributed by atoms with van der Waals surface area (Å²) in [6.45, 7) is 2.21. The summed E-state index contributed by atoms with van der Waals surface area (Å²) in [4.78, 5) is 0. The SMILES string of the molecule is CCCc1ccc(-c2cc(NC3CC3)n[nH]2)cc1. The minimum atomic E-state index is 0.646. The molecule has 0 saturated heterocycles. The van der Waals surface area contributed by atoms with Crippen LogP contribution >= 0.6 is 0 Å². The first-order chi connectivity index (χ1) is 8.85. The van der Waals surface area contributed by atoms with Crippen molar-refractivity contribution < 1.29 is 0 Å². The lowest BCUT2D eigenvalue weighted by molar-refractivity contribution is 0.922. The topological polar surface area (TPSA) is 40.7 Å². The molecule has 1 aromatic heterocycles. The highest BCUT2D eigenvalue weighted by Crippen LogP contribution is 2.26. The maximum absolute atomic E-state index is 4.30. The number of aryl methyl sites for hydroxylation is 1. The normalized spacial score (nSPS) is 14.7. The maximum Gasteiger partial charge on any atom is 0.148 e.